The number of nitrogens with zero attached hydrogens (tertiary/aromatic N) is 4. The number of hydrogen-bond donors (Lipinski definition) is 2. The SMILES string of the molecule is COc1ccc2c3n(c(=NC(=O)c4ccc(NC(C)=O)nc4)nc2c1)CCN3. The van der Waals surface area contributed by atoms with Gasteiger partial charge in [0.15, 0.2) is 0 Å². The highest BCUT2D eigenvalue weighted by Crippen LogP contribution is 2.26. The van der Waals surface area contributed by atoms with E-state index in [0.717, 1.165) is 17.7 Å². The average Bonchev–Trinajstić information content (AvgIpc) is 3.18. The Morgan fingerprint density at radius 3 is 2.86 bits per heavy atom. The molecule has 28 heavy (non-hydrogen) atoms. The molecule has 0 saturated heterocycles. The lowest BCUT2D eigenvalue weighted by Crippen LogP contribution is -2.24. The number of carbonyl (C=O) groups is 2. The number of rotatable bonds is 3. The van der Waals surface area contributed by atoms with Gasteiger partial charge < -0.3 is 15.4 Å². The van der Waals surface area contributed by atoms with Gasteiger partial charge in [0.2, 0.25) is 11.5 Å². The summed E-state index contributed by atoms with van der Waals surface area (Å²) in [5, 5.41) is 6.81. The predicted octanol–water partition coefficient (Wildman–Crippen LogP) is 1.56. The standard InChI is InChI=1S/C19H18N6O3/c1-11(26)22-16-6-3-12(10-21-16)18(27)24-19-23-15-9-13(28-2)4-5-14(15)17-20-7-8-25(17)19/h3-6,9-10,20H,7-8H2,1-2H3,(H,21,22,26). The number of anilines is 2. The third-order valence-electron chi connectivity index (χ3n) is 4.34. The number of hydrogen-bond acceptors (Lipinski definition) is 6. The van der Waals surface area contributed by atoms with Crippen molar-refractivity contribution in [3.8, 4) is 5.75 Å². The Bertz CT molecular complexity index is 1150. The first-order chi connectivity index (χ1) is 13.5. The number of methoxy groups -OCH3 is 1. The minimum atomic E-state index is -0.460. The summed E-state index contributed by atoms with van der Waals surface area (Å²) >= 11 is 0. The molecular formula is C19H18N6O3. The molecule has 0 unspecified atom stereocenters. The van der Waals surface area contributed by atoms with E-state index >= 15 is 0 Å². The van der Waals surface area contributed by atoms with Crippen LogP contribution in [-0.2, 0) is 11.3 Å². The van der Waals surface area contributed by atoms with Crippen LogP contribution in [0.2, 0.25) is 0 Å². The zero-order chi connectivity index (χ0) is 19.7. The summed E-state index contributed by atoms with van der Waals surface area (Å²) in [5.74, 6) is 1.24. The molecule has 0 fully saturated rings. The lowest BCUT2D eigenvalue weighted by Gasteiger charge is -2.09. The minimum Gasteiger partial charge on any atom is -0.497 e. The van der Waals surface area contributed by atoms with Crippen LogP contribution in [0.3, 0.4) is 0 Å². The van der Waals surface area contributed by atoms with E-state index in [9.17, 15) is 9.59 Å². The number of carbonyl (C=O) groups excluding carboxylic acids is 2. The molecule has 9 nitrogen and oxygen atoms in total. The van der Waals surface area contributed by atoms with Crippen LogP contribution in [0.25, 0.3) is 10.9 Å². The molecule has 1 aliphatic heterocycles. The Labute approximate surface area is 160 Å². The zero-order valence-electron chi connectivity index (χ0n) is 15.4. The van der Waals surface area contributed by atoms with Gasteiger partial charge in [-0.05, 0) is 24.3 Å². The maximum absolute atomic E-state index is 12.6. The Kier molecular flexibility index (Phi) is 4.48. The Hall–Kier alpha value is -3.75. The van der Waals surface area contributed by atoms with E-state index in [1.54, 1.807) is 19.2 Å². The Balaban J connectivity index is 1.76. The zero-order valence-corrected chi connectivity index (χ0v) is 15.4. The number of pyridine rings is 1. The summed E-state index contributed by atoms with van der Waals surface area (Å²) in [6, 6.07) is 8.74. The Morgan fingerprint density at radius 2 is 2.14 bits per heavy atom. The van der Waals surface area contributed by atoms with Crippen LogP contribution in [0.5, 0.6) is 5.75 Å². The van der Waals surface area contributed by atoms with E-state index in [1.807, 2.05) is 22.8 Å². The normalized spacial score (nSPS) is 13.1. The summed E-state index contributed by atoms with van der Waals surface area (Å²) in [4.78, 5) is 36.5. The second-order valence-electron chi connectivity index (χ2n) is 6.25. The van der Waals surface area contributed by atoms with Gasteiger partial charge in [-0.1, -0.05) is 0 Å². The lowest BCUT2D eigenvalue weighted by molar-refractivity contribution is -0.114. The van der Waals surface area contributed by atoms with Crippen molar-refractivity contribution in [2.45, 2.75) is 13.5 Å². The molecule has 2 aromatic heterocycles. The first kappa shape index (κ1) is 17.7. The second-order valence-corrected chi connectivity index (χ2v) is 6.25. The molecule has 142 valence electrons. The molecule has 0 aliphatic carbocycles. The van der Waals surface area contributed by atoms with Gasteiger partial charge in [0.25, 0.3) is 5.91 Å². The van der Waals surface area contributed by atoms with Crippen molar-refractivity contribution in [2.75, 3.05) is 24.3 Å². The summed E-state index contributed by atoms with van der Waals surface area (Å²) in [6.45, 7) is 2.79. The molecule has 0 spiro atoms. The monoisotopic (exact) mass is 378 g/mol. The van der Waals surface area contributed by atoms with Crippen molar-refractivity contribution in [1.82, 2.24) is 14.5 Å². The van der Waals surface area contributed by atoms with Crippen molar-refractivity contribution in [3.63, 3.8) is 0 Å². The largest absolute Gasteiger partial charge is 0.497 e. The highest BCUT2D eigenvalue weighted by atomic mass is 16.5. The van der Waals surface area contributed by atoms with E-state index in [0.29, 0.717) is 34.8 Å². The average molecular weight is 378 g/mol. The fourth-order valence-corrected chi connectivity index (χ4v) is 3.05. The predicted molar refractivity (Wildman–Crippen MR) is 103 cm³/mol. The molecule has 3 heterocycles. The number of nitrogens with one attached hydrogen (secondary N) is 2. The van der Waals surface area contributed by atoms with Gasteiger partial charge in [0.1, 0.15) is 17.4 Å². The number of ether oxygens (including phenoxy) is 1. The van der Waals surface area contributed by atoms with Gasteiger partial charge in [-0.2, -0.15) is 4.99 Å². The van der Waals surface area contributed by atoms with Crippen LogP contribution < -0.4 is 21.0 Å². The van der Waals surface area contributed by atoms with E-state index in [2.05, 4.69) is 25.6 Å². The maximum Gasteiger partial charge on any atom is 0.281 e. The Morgan fingerprint density at radius 1 is 1.29 bits per heavy atom. The van der Waals surface area contributed by atoms with Gasteiger partial charge in [-0.3, -0.25) is 14.2 Å². The van der Waals surface area contributed by atoms with Crippen molar-refractivity contribution < 1.29 is 14.3 Å². The molecule has 3 aromatic rings. The fourth-order valence-electron chi connectivity index (χ4n) is 3.05. The number of amides is 2. The molecule has 1 aromatic carbocycles. The second kappa shape index (κ2) is 7.10. The molecule has 0 saturated carbocycles. The topological polar surface area (TPSA) is 110 Å². The minimum absolute atomic E-state index is 0.230. The molecule has 0 bridgehead atoms. The molecule has 2 amide bonds. The third-order valence-corrected chi connectivity index (χ3v) is 4.34. The van der Waals surface area contributed by atoms with Crippen LogP contribution in [0, 0.1) is 0 Å². The highest BCUT2D eigenvalue weighted by Gasteiger charge is 2.16. The molecular weight excluding hydrogens is 360 g/mol. The summed E-state index contributed by atoms with van der Waals surface area (Å²) in [7, 11) is 1.59. The number of benzene rings is 1. The molecule has 1 aliphatic rings. The smallest absolute Gasteiger partial charge is 0.281 e. The number of aromatic nitrogens is 3. The summed E-state index contributed by atoms with van der Waals surface area (Å²) < 4.78 is 7.15. The lowest BCUT2D eigenvalue weighted by atomic mass is 10.2. The summed E-state index contributed by atoms with van der Waals surface area (Å²) in [6.07, 6.45) is 1.38. The maximum atomic E-state index is 12.6. The van der Waals surface area contributed by atoms with Gasteiger partial charge >= 0.3 is 0 Å². The van der Waals surface area contributed by atoms with Gasteiger partial charge in [0, 0.05) is 37.7 Å². The third kappa shape index (κ3) is 3.29. The van der Waals surface area contributed by atoms with Gasteiger partial charge in [0.05, 0.1) is 18.2 Å². The van der Waals surface area contributed by atoms with Crippen LogP contribution in [0.1, 0.15) is 17.3 Å². The van der Waals surface area contributed by atoms with Crippen LogP contribution >= 0.6 is 0 Å². The van der Waals surface area contributed by atoms with Gasteiger partial charge in [-0.15, -0.1) is 0 Å². The molecule has 4 rings (SSSR count). The van der Waals surface area contributed by atoms with Gasteiger partial charge in [-0.25, -0.2) is 9.97 Å². The van der Waals surface area contributed by atoms with Crippen molar-refractivity contribution in [3.05, 3.63) is 47.7 Å². The summed E-state index contributed by atoms with van der Waals surface area (Å²) in [5.41, 5.74) is 1.31. The van der Waals surface area contributed by atoms with E-state index < -0.39 is 5.91 Å². The molecule has 0 radical (unpaired) electrons. The van der Waals surface area contributed by atoms with Crippen LogP contribution in [0.4, 0.5) is 11.6 Å². The van der Waals surface area contributed by atoms with Crippen molar-refractivity contribution in [2.24, 2.45) is 4.99 Å². The van der Waals surface area contributed by atoms with Crippen LogP contribution in [0.15, 0.2) is 41.5 Å². The number of fused-ring (bicyclic) bond motifs is 3. The first-order valence-corrected chi connectivity index (χ1v) is 8.70. The van der Waals surface area contributed by atoms with Crippen molar-refractivity contribution in [1.29, 1.82) is 0 Å². The molecule has 9 heteroatoms. The van der Waals surface area contributed by atoms with E-state index in [4.69, 9.17) is 4.74 Å². The van der Waals surface area contributed by atoms with Crippen LogP contribution in [-0.4, -0.2) is 40.0 Å². The highest BCUT2D eigenvalue weighted by molar-refractivity contribution is 5.95. The van der Waals surface area contributed by atoms with Crippen molar-refractivity contribution >= 4 is 34.4 Å². The van der Waals surface area contributed by atoms with E-state index in [1.165, 1.54) is 13.1 Å². The van der Waals surface area contributed by atoms with E-state index in [-0.39, 0.29) is 5.91 Å². The quantitative estimate of drug-likeness (QED) is 0.716. The molecule has 2 N–H and O–H groups in total. The first-order valence-electron chi connectivity index (χ1n) is 8.70. The molecule has 0 atom stereocenters. The fraction of sp³-hybridized carbons (Fsp3) is 0.211.